The van der Waals surface area contributed by atoms with Crippen LogP contribution in [-0.4, -0.2) is 62.5 Å². The molecule has 100 valence electrons. The molecule has 2 aliphatic heterocycles. The van der Waals surface area contributed by atoms with Gasteiger partial charge in [0, 0.05) is 38.3 Å². The summed E-state index contributed by atoms with van der Waals surface area (Å²) < 4.78 is 11.2. The van der Waals surface area contributed by atoms with E-state index in [0.717, 1.165) is 39.3 Å². The first-order valence-corrected chi connectivity index (χ1v) is 6.92. The van der Waals surface area contributed by atoms with Crippen molar-refractivity contribution >= 4 is 0 Å². The highest BCUT2D eigenvalue weighted by Gasteiger charge is 2.23. The van der Waals surface area contributed by atoms with Gasteiger partial charge in [0.25, 0.3) is 0 Å². The number of morpholine rings is 1. The first-order valence-electron chi connectivity index (χ1n) is 6.92. The molecular weight excluding hydrogens is 216 g/mol. The standard InChI is InChI=1S/C13H26N2O2/c1-11(8-13-10-16-7-4-14-13)15-5-3-6-17-12(2)9-15/h11-14H,3-10H2,1-2H3. The molecule has 0 aromatic carbocycles. The summed E-state index contributed by atoms with van der Waals surface area (Å²) in [6.45, 7) is 10.4. The Morgan fingerprint density at radius 3 is 3.06 bits per heavy atom. The van der Waals surface area contributed by atoms with Crippen LogP contribution in [0.5, 0.6) is 0 Å². The van der Waals surface area contributed by atoms with Gasteiger partial charge in [-0.25, -0.2) is 0 Å². The fourth-order valence-corrected chi connectivity index (χ4v) is 2.76. The second kappa shape index (κ2) is 6.69. The smallest absolute Gasteiger partial charge is 0.0673 e. The fraction of sp³-hybridized carbons (Fsp3) is 1.00. The maximum absolute atomic E-state index is 5.69. The summed E-state index contributed by atoms with van der Waals surface area (Å²) >= 11 is 0. The van der Waals surface area contributed by atoms with Gasteiger partial charge in [0.1, 0.15) is 0 Å². The van der Waals surface area contributed by atoms with E-state index in [-0.39, 0.29) is 0 Å². The van der Waals surface area contributed by atoms with Crippen LogP contribution in [0, 0.1) is 0 Å². The number of nitrogens with one attached hydrogen (secondary N) is 1. The maximum atomic E-state index is 5.69. The van der Waals surface area contributed by atoms with Crippen LogP contribution >= 0.6 is 0 Å². The van der Waals surface area contributed by atoms with Gasteiger partial charge in [-0.3, -0.25) is 4.90 Å². The van der Waals surface area contributed by atoms with E-state index in [1.54, 1.807) is 0 Å². The van der Waals surface area contributed by atoms with Crippen LogP contribution in [0.1, 0.15) is 26.7 Å². The third-order valence-electron chi connectivity index (χ3n) is 3.73. The van der Waals surface area contributed by atoms with Crippen LogP contribution in [0.25, 0.3) is 0 Å². The van der Waals surface area contributed by atoms with Crippen LogP contribution in [-0.2, 0) is 9.47 Å². The summed E-state index contributed by atoms with van der Waals surface area (Å²) in [6.07, 6.45) is 2.70. The normalized spacial score (nSPS) is 34.2. The number of rotatable bonds is 3. The molecule has 0 aromatic rings. The minimum absolute atomic E-state index is 0.371. The molecule has 0 amide bonds. The molecule has 4 heteroatoms. The third-order valence-corrected chi connectivity index (χ3v) is 3.73. The van der Waals surface area contributed by atoms with Crippen LogP contribution in [0.15, 0.2) is 0 Å². The molecule has 0 aliphatic carbocycles. The largest absolute Gasteiger partial charge is 0.379 e. The minimum Gasteiger partial charge on any atom is -0.379 e. The predicted molar refractivity (Wildman–Crippen MR) is 68.3 cm³/mol. The molecule has 0 saturated carbocycles. The van der Waals surface area contributed by atoms with Crippen molar-refractivity contribution in [1.82, 2.24) is 10.2 Å². The topological polar surface area (TPSA) is 33.7 Å². The van der Waals surface area contributed by atoms with Gasteiger partial charge >= 0.3 is 0 Å². The highest BCUT2D eigenvalue weighted by Crippen LogP contribution is 2.14. The lowest BCUT2D eigenvalue weighted by atomic mass is 10.1. The van der Waals surface area contributed by atoms with E-state index in [1.165, 1.54) is 13.0 Å². The summed E-state index contributed by atoms with van der Waals surface area (Å²) in [6, 6.07) is 1.14. The maximum Gasteiger partial charge on any atom is 0.0673 e. The molecule has 1 N–H and O–H groups in total. The van der Waals surface area contributed by atoms with Crippen LogP contribution in [0.3, 0.4) is 0 Å². The lowest BCUT2D eigenvalue weighted by molar-refractivity contribution is 0.0477. The first-order chi connectivity index (χ1) is 8.25. The van der Waals surface area contributed by atoms with Gasteiger partial charge in [0.05, 0.1) is 19.3 Å². The van der Waals surface area contributed by atoms with Crippen LogP contribution in [0.2, 0.25) is 0 Å². The monoisotopic (exact) mass is 242 g/mol. The fourth-order valence-electron chi connectivity index (χ4n) is 2.76. The van der Waals surface area contributed by atoms with Crippen molar-refractivity contribution < 1.29 is 9.47 Å². The molecular formula is C13H26N2O2. The predicted octanol–water partition coefficient (Wildman–Crippen LogP) is 0.864. The quantitative estimate of drug-likeness (QED) is 0.796. The zero-order valence-electron chi connectivity index (χ0n) is 11.2. The number of hydrogen-bond donors (Lipinski definition) is 1. The van der Waals surface area contributed by atoms with E-state index in [1.807, 2.05) is 0 Å². The Kier molecular flexibility index (Phi) is 5.22. The Morgan fingerprint density at radius 2 is 2.29 bits per heavy atom. The van der Waals surface area contributed by atoms with Crippen LogP contribution in [0.4, 0.5) is 0 Å². The number of ether oxygens (including phenoxy) is 2. The van der Waals surface area contributed by atoms with Gasteiger partial charge in [-0.1, -0.05) is 0 Å². The van der Waals surface area contributed by atoms with Gasteiger partial charge in [-0.15, -0.1) is 0 Å². The van der Waals surface area contributed by atoms with Gasteiger partial charge in [-0.05, 0) is 26.7 Å². The summed E-state index contributed by atoms with van der Waals surface area (Å²) in [5, 5.41) is 3.53. The van der Waals surface area contributed by atoms with E-state index in [0.29, 0.717) is 18.2 Å². The molecule has 3 unspecified atom stereocenters. The summed E-state index contributed by atoms with van der Waals surface area (Å²) in [5.74, 6) is 0. The molecule has 2 saturated heterocycles. The minimum atomic E-state index is 0.371. The average Bonchev–Trinajstić information content (AvgIpc) is 2.55. The zero-order chi connectivity index (χ0) is 12.1. The third kappa shape index (κ3) is 4.21. The Balaban J connectivity index is 1.78. The summed E-state index contributed by atoms with van der Waals surface area (Å²) in [4.78, 5) is 2.56. The second-order valence-electron chi connectivity index (χ2n) is 5.34. The zero-order valence-corrected chi connectivity index (χ0v) is 11.2. The molecule has 2 fully saturated rings. The Hall–Kier alpha value is -0.160. The van der Waals surface area contributed by atoms with Crippen molar-refractivity contribution in [3.63, 3.8) is 0 Å². The molecule has 0 bridgehead atoms. The Labute approximate surface area is 105 Å². The highest BCUT2D eigenvalue weighted by atomic mass is 16.5. The van der Waals surface area contributed by atoms with Gasteiger partial charge in [-0.2, -0.15) is 0 Å². The van der Waals surface area contributed by atoms with Crippen molar-refractivity contribution in [1.29, 1.82) is 0 Å². The molecule has 0 aromatic heterocycles. The van der Waals surface area contributed by atoms with E-state index in [2.05, 4.69) is 24.1 Å². The molecule has 0 radical (unpaired) electrons. The Morgan fingerprint density at radius 1 is 1.41 bits per heavy atom. The lowest BCUT2D eigenvalue weighted by Crippen LogP contribution is -2.47. The van der Waals surface area contributed by atoms with Crippen molar-refractivity contribution in [3.05, 3.63) is 0 Å². The summed E-state index contributed by atoms with van der Waals surface area (Å²) in [7, 11) is 0. The Bertz CT molecular complexity index is 219. The molecule has 2 heterocycles. The van der Waals surface area contributed by atoms with Crippen molar-refractivity contribution in [3.8, 4) is 0 Å². The van der Waals surface area contributed by atoms with Gasteiger partial charge in [0.15, 0.2) is 0 Å². The first kappa shape index (κ1) is 13.3. The van der Waals surface area contributed by atoms with E-state index >= 15 is 0 Å². The molecule has 2 rings (SSSR count). The van der Waals surface area contributed by atoms with Gasteiger partial charge in [0.2, 0.25) is 0 Å². The summed E-state index contributed by atoms with van der Waals surface area (Å²) in [5.41, 5.74) is 0. The van der Waals surface area contributed by atoms with Crippen molar-refractivity contribution in [2.75, 3.05) is 39.5 Å². The molecule has 3 atom stereocenters. The van der Waals surface area contributed by atoms with Crippen LogP contribution < -0.4 is 5.32 Å². The van der Waals surface area contributed by atoms with Gasteiger partial charge < -0.3 is 14.8 Å². The van der Waals surface area contributed by atoms with E-state index in [9.17, 15) is 0 Å². The van der Waals surface area contributed by atoms with E-state index in [4.69, 9.17) is 9.47 Å². The molecule has 4 nitrogen and oxygen atoms in total. The molecule has 17 heavy (non-hydrogen) atoms. The average molecular weight is 242 g/mol. The second-order valence-corrected chi connectivity index (χ2v) is 5.34. The number of hydrogen-bond acceptors (Lipinski definition) is 4. The molecule has 0 spiro atoms. The van der Waals surface area contributed by atoms with E-state index < -0.39 is 0 Å². The SMILES string of the molecule is CC1CN(C(C)CC2COCCN2)CCCO1. The van der Waals surface area contributed by atoms with Crippen molar-refractivity contribution in [2.45, 2.75) is 44.9 Å². The highest BCUT2D eigenvalue weighted by molar-refractivity contribution is 4.79. The number of nitrogens with zero attached hydrogens (tertiary/aromatic N) is 1. The van der Waals surface area contributed by atoms with Crippen molar-refractivity contribution in [2.24, 2.45) is 0 Å². The lowest BCUT2D eigenvalue weighted by Gasteiger charge is -2.33. The molecule has 2 aliphatic rings.